The van der Waals surface area contributed by atoms with Crippen LogP contribution in [0.4, 0.5) is 11.6 Å². The number of anilines is 2. The van der Waals surface area contributed by atoms with E-state index in [2.05, 4.69) is 20.3 Å². The predicted octanol–water partition coefficient (Wildman–Crippen LogP) is 4.20. The summed E-state index contributed by atoms with van der Waals surface area (Å²) in [5.74, 6) is 0.273. The molecule has 2 heterocycles. The van der Waals surface area contributed by atoms with Crippen LogP contribution < -0.4 is 5.32 Å². The smallest absolute Gasteiger partial charge is 0.256 e. The summed E-state index contributed by atoms with van der Waals surface area (Å²) in [5.41, 5.74) is 4.43. The number of rotatable bonds is 6. The molecular weight excluding hydrogens is 374 g/mol. The van der Waals surface area contributed by atoms with E-state index in [-0.39, 0.29) is 5.91 Å². The third-order valence-electron chi connectivity index (χ3n) is 4.40. The number of hydrogen-bond acceptors (Lipinski definition) is 5. The number of pyridine rings is 1. The van der Waals surface area contributed by atoms with Crippen LogP contribution >= 0.6 is 11.6 Å². The molecule has 7 heteroatoms. The summed E-state index contributed by atoms with van der Waals surface area (Å²) < 4.78 is 0. The third kappa shape index (κ3) is 4.84. The number of carbonyl (C=O) groups excluding carboxylic acids is 1. The maximum atomic E-state index is 12.6. The fraction of sp³-hybridized carbons (Fsp3) is 0.238. The summed E-state index contributed by atoms with van der Waals surface area (Å²) in [7, 11) is 1.77. The SMILES string of the molecule is Cc1cc(C)c(Nc2ncc(C(=O)N(C)CCc3ccncc3)cn2)c(Cl)c1. The van der Waals surface area contributed by atoms with Crippen LogP contribution in [0.25, 0.3) is 0 Å². The van der Waals surface area contributed by atoms with E-state index in [1.165, 1.54) is 12.4 Å². The van der Waals surface area contributed by atoms with Crippen molar-refractivity contribution in [3.8, 4) is 0 Å². The Labute approximate surface area is 169 Å². The molecule has 1 amide bonds. The van der Waals surface area contributed by atoms with Crippen molar-refractivity contribution in [2.75, 3.05) is 18.9 Å². The van der Waals surface area contributed by atoms with E-state index < -0.39 is 0 Å². The second kappa shape index (κ2) is 8.80. The number of amides is 1. The number of likely N-dealkylation sites (N-methyl/N-ethyl adjacent to an activating group) is 1. The Bertz CT molecular complexity index is 937. The maximum absolute atomic E-state index is 12.6. The number of benzene rings is 1. The highest BCUT2D eigenvalue weighted by Crippen LogP contribution is 2.29. The number of aromatic nitrogens is 3. The van der Waals surface area contributed by atoms with Crippen LogP contribution in [0.1, 0.15) is 27.0 Å². The fourth-order valence-corrected chi connectivity index (χ4v) is 3.23. The van der Waals surface area contributed by atoms with E-state index >= 15 is 0 Å². The van der Waals surface area contributed by atoms with Crippen molar-refractivity contribution >= 4 is 29.1 Å². The van der Waals surface area contributed by atoms with Crippen molar-refractivity contribution in [2.45, 2.75) is 20.3 Å². The summed E-state index contributed by atoms with van der Waals surface area (Å²) in [6, 6.07) is 7.80. The van der Waals surface area contributed by atoms with Gasteiger partial charge in [0.15, 0.2) is 0 Å². The molecule has 3 aromatic rings. The Morgan fingerprint density at radius 3 is 2.46 bits per heavy atom. The Kier molecular flexibility index (Phi) is 6.21. The van der Waals surface area contributed by atoms with Crippen LogP contribution in [0.2, 0.25) is 5.02 Å². The lowest BCUT2D eigenvalue weighted by Crippen LogP contribution is -2.29. The first-order chi connectivity index (χ1) is 13.4. The lowest BCUT2D eigenvalue weighted by Gasteiger charge is -2.17. The molecule has 28 heavy (non-hydrogen) atoms. The van der Waals surface area contributed by atoms with Gasteiger partial charge in [-0.2, -0.15) is 0 Å². The molecule has 2 aromatic heterocycles. The summed E-state index contributed by atoms with van der Waals surface area (Å²) >= 11 is 6.31. The second-order valence-corrected chi connectivity index (χ2v) is 7.10. The van der Waals surface area contributed by atoms with Gasteiger partial charge in [-0.15, -0.1) is 0 Å². The first kappa shape index (κ1) is 19.8. The number of carbonyl (C=O) groups is 1. The molecule has 0 aliphatic heterocycles. The van der Waals surface area contributed by atoms with Crippen LogP contribution in [0.3, 0.4) is 0 Å². The quantitative estimate of drug-likeness (QED) is 0.677. The minimum Gasteiger partial charge on any atom is -0.341 e. The van der Waals surface area contributed by atoms with Crippen LogP contribution in [-0.4, -0.2) is 39.4 Å². The Balaban J connectivity index is 1.64. The normalized spacial score (nSPS) is 10.6. The zero-order chi connectivity index (χ0) is 20.1. The first-order valence-corrected chi connectivity index (χ1v) is 9.32. The van der Waals surface area contributed by atoms with Crippen molar-refractivity contribution in [1.82, 2.24) is 19.9 Å². The molecule has 1 N–H and O–H groups in total. The standard InChI is InChI=1S/C21H22ClN5O/c1-14-10-15(2)19(18(22)11-14)26-21-24-12-17(13-25-21)20(28)27(3)9-6-16-4-7-23-8-5-16/h4-5,7-8,10-13H,6,9H2,1-3H3,(H,24,25,26). The zero-order valence-electron chi connectivity index (χ0n) is 16.1. The fourth-order valence-electron chi connectivity index (χ4n) is 2.86. The molecule has 0 radical (unpaired) electrons. The lowest BCUT2D eigenvalue weighted by atomic mass is 10.1. The van der Waals surface area contributed by atoms with Crippen molar-refractivity contribution in [3.05, 3.63) is 76.3 Å². The molecule has 0 bridgehead atoms. The van der Waals surface area contributed by atoms with Crippen LogP contribution in [0.15, 0.2) is 49.1 Å². The molecule has 0 saturated heterocycles. The molecule has 144 valence electrons. The van der Waals surface area contributed by atoms with E-state index in [0.717, 1.165) is 28.8 Å². The van der Waals surface area contributed by atoms with Crippen LogP contribution in [0, 0.1) is 13.8 Å². The van der Waals surface area contributed by atoms with Crippen molar-refractivity contribution < 1.29 is 4.79 Å². The highest BCUT2D eigenvalue weighted by molar-refractivity contribution is 6.33. The van der Waals surface area contributed by atoms with Gasteiger partial charge in [0, 0.05) is 38.4 Å². The lowest BCUT2D eigenvalue weighted by molar-refractivity contribution is 0.0796. The third-order valence-corrected chi connectivity index (χ3v) is 4.70. The number of halogens is 1. The van der Waals surface area contributed by atoms with E-state index in [1.54, 1.807) is 24.3 Å². The Morgan fingerprint density at radius 1 is 1.14 bits per heavy atom. The van der Waals surface area contributed by atoms with Gasteiger partial charge in [0.25, 0.3) is 5.91 Å². The van der Waals surface area contributed by atoms with Gasteiger partial charge in [0.1, 0.15) is 0 Å². The minimum absolute atomic E-state index is 0.120. The molecule has 0 unspecified atom stereocenters. The predicted molar refractivity (Wildman–Crippen MR) is 111 cm³/mol. The number of aryl methyl sites for hydroxylation is 2. The molecule has 3 rings (SSSR count). The number of nitrogens with zero attached hydrogens (tertiary/aromatic N) is 4. The van der Waals surface area contributed by atoms with Crippen molar-refractivity contribution in [3.63, 3.8) is 0 Å². The van der Waals surface area contributed by atoms with Gasteiger partial charge in [-0.3, -0.25) is 9.78 Å². The van der Waals surface area contributed by atoms with E-state index in [1.807, 2.05) is 38.1 Å². The molecule has 1 aromatic carbocycles. The summed E-state index contributed by atoms with van der Waals surface area (Å²) in [6.07, 6.45) is 7.31. The molecule has 0 saturated carbocycles. The molecule has 0 aliphatic carbocycles. The van der Waals surface area contributed by atoms with Gasteiger partial charge >= 0.3 is 0 Å². The average Bonchev–Trinajstić information content (AvgIpc) is 2.69. The Morgan fingerprint density at radius 2 is 1.82 bits per heavy atom. The van der Waals surface area contributed by atoms with E-state index in [9.17, 15) is 4.79 Å². The number of hydrogen-bond donors (Lipinski definition) is 1. The van der Waals surface area contributed by atoms with Gasteiger partial charge in [-0.05, 0) is 55.2 Å². The maximum Gasteiger partial charge on any atom is 0.256 e. The van der Waals surface area contributed by atoms with Gasteiger partial charge in [0.05, 0.1) is 16.3 Å². The molecule has 0 spiro atoms. The first-order valence-electron chi connectivity index (χ1n) is 8.94. The zero-order valence-corrected chi connectivity index (χ0v) is 16.9. The van der Waals surface area contributed by atoms with Gasteiger partial charge < -0.3 is 10.2 Å². The van der Waals surface area contributed by atoms with Gasteiger partial charge in [-0.1, -0.05) is 17.7 Å². The van der Waals surface area contributed by atoms with E-state index in [4.69, 9.17) is 11.6 Å². The second-order valence-electron chi connectivity index (χ2n) is 6.69. The van der Waals surface area contributed by atoms with E-state index in [0.29, 0.717) is 23.1 Å². The summed E-state index contributed by atoms with van der Waals surface area (Å²) in [5, 5.41) is 3.73. The molecule has 0 fully saturated rings. The molecular formula is C21H22ClN5O. The summed E-state index contributed by atoms with van der Waals surface area (Å²) in [4.78, 5) is 26.8. The van der Waals surface area contributed by atoms with Crippen molar-refractivity contribution in [2.24, 2.45) is 0 Å². The van der Waals surface area contributed by atoms with Crippen molar-refractivity contribution in [1.29, 1.82) is 0 Å². The minimum atomic E-state index is -0.120. The molecule has 6 nitrogen and oxygen atoms in total. The molecule has 0 aliphatic rings. The van der Waals surface area contributed by atoms with Gasteiger partial charge in [0.2, 0.25) is 5.95 Å². The van der Waals surface area contributed by atoms with Crippen LogP contribution in [-0.2, 0) is 6.42 Å². The Hall–Kier alpha value is -2.99. The highest BCUT2D eigenvalue weighted by atomic mass is 35.5. The monoisotopic (exact) mass is 395 g/mol. The number of nitrogens with one attached hydrogen (secondary N) is 1. The largest absolute Gasteiger partial charge is 0.341 e. The topological polar surface area (TPSA) is 71.0 Å². The van der Waals surface area contributed by atoms with Crippen LogP contribution in [0.5, 0.6) is 0 Å². The average molecular weight is 396 g/mol. The molecule has 0 atom stereocenters. The summed E-state index contributed by atoms with van der Waals surface area (Å²) in [6.45, 7) is 4.56. The van der Waals surface area contributed by atoms with Gasteiger partial charge in [-0.25, -0.2) is 9.97 Å². The highest BCUT2D eigenvalue weighted by Gasteiger charge is 2.14.